The summed E-state index contributed by atoms with van der Waals surface area (Å²) >= 11 is 0. The number of carboxylic acid groups (broad SMARTS) is 1. The summed E-state index contributed by atoms with van der Waals surface area (Å²) in [6.07, 6.45) is 4.59. The molecule has 1 aliphatic carbocycles. The molecule has 0 radical (unpaired) electrons. The van der Waals surface area contributed by atoms with Crippen LogP contribution < -0.4 is 5.73 Å². The molecule has 98 valence electrons. The molecule has 1 heterocycles. The number of hydrogen-bond acceptors (Lipinski definition) is 4. The minimum atomic E-state index is -0.727. The zero-order chi connectivity index (χ0) is 12.3. The van der Waals surface area contributed by atoms with Crippen molar-refractivity contribution in [1.82, 2.24) is 9.80 Å². The Morgan fingerprint density at radius 1 is 1.29 bits per heavy atom. The number of nitrogens with zero attached hydrogens (tertiary/aromatic N) is 2. The van der Waals surface area contributed by atoms with Gasteiger partial charge in [0.05, 0.1) is 13.2 Å². The molecule has 0 amide bonds. The molecular weight excluding hydrogens is 218 g/mol. The van der Waals surface area contributed by atoms with Gasteiger partial charge in [-0.15, -0.1) is 0 Å². The molecule has 3 N–H and O–H groups in total. The number of rotatable bonds is 4. The molecule has 2 rings (SSSR count). The van der Waals surface area contributed by atoms with Crippen LogP contribution in [0.4, 0.5) is 0 Å². The SMILES string of the molecule is NC1CCC(CN2CCCN(CC(=O)O)C2)C1. The van der Waals surface area contributed by atoms with Crippen molar-refractivity contribution in [3.8, 4) is 0 Å². The van der Waals surface area contributed by atoms with Crippen LogP contribution in [-0.4, -0.2) is 59.8 Å². The predicted molar refractivity (Wildman–Crippen MR) is 65.6 cm³/mol. The molecule has 0 aromatic rings. The van der Waals surface area contributed by atoms with E-state index in [0.717, 1.165) is 51.5 Å². The maximum absolute atomic E-state index is 10.7. The minimum absolute atomic E-state index is 0.167. The summed E-state index contributed by atoms with van der Waals surface area (Å²) < 4.78 is 0. The molecule has 0 aromatic carbocycles. The smallest absolute Gasteiger partial charge is 0.317 e. The Bertz CT molecular complexity index is 272. The molecule has 2 unspecified atom stereocenters. The van der Waals surface area contributed by atoms with Gasteiger partial charge in [0.15, 0.2) is 0 Å². The quantitative estimate of drug-likeness (QED) is 0.734. The van der Waals surface area contributed by atoms with Gasteiger partial charge in [-0.2, -0.15) is 0 Å². The van der Waals surface area contributed by atoms with Crippen LogP contribution in [0.1, 0.15) is 25.7 Å². The first-order chi connectivity index (χ1) is 8.13. The fraction of sp³-hybridized carbons (Fsp3) is 0.917. The van der Waals surface area contributed by atoms with Crippen molar-refractivity contribution in [2.45, 2.75) is 31.7 Å². The van der Waals surface area contributed by atoms with Crippen LogP contribution in [0.15, 0.2) is 0 Å². The molecule has 2 aliphatic rings. The molecule has 1 saturated heterocycles. The van der Waals surface area contributed by atoms with Crippen molar-refractivity contribution >= 4 is 5.97 Å². The van der Waals surface area contributed by atoms with Gasteiger partial charge in [0, 0.05) is 25.7 Å². The molecule has 0 bridgehead atoms. The molecule has 5 nitrogen and oxygen atoms in total. The Kier molecular flexibility index (Phi) is 4.36. The molecule has 0 aromatic heterocycles. The molecular formula is C12H23N3O2. The van der Waals surface area contributed by atoms with Crippen LogP contribution in [0.5, 0.6) is 0 Å². The van der Waals surface area contributed by atoms with Gasteiger partial charge in [-0.05, 0) is 31.6 Å². The van der Waals surface area contributed by atoms with Crippen molar-refractivity contribution in [3.05, 3.63) is 0 Å². The average molecular weight is 241 g/mol. The van der Waals surface area contributed by atoms with Gasteiger partial charge in [0.2, 0.25) is 0 Å². The van der Waals surface area contributed by atoms with Gasteiger partial charge >= 0.3 is 5.97 Å². The van der Waals surface area contributed by atoms with Crippen LogP contribution >= 0.6 is 0 Å². The standard InChI is InChI=1S/C12H23N3O2/c13-11-3-2-10(6-11)7-14-4-1-5-15(9-14)8-12(16)17/h10-11H,1-9,13H2,(H,16,17). The summed E-state index contributed by atoms with van der Waals surface area (Å²) in [5, 5.41) is 8.79. The van der Waals surface area contributed by atoms with Gasteiger partial charge in [-0.1, -0.05) is 0 Å². The largest absolute Gasteiger partial charge is 0.480 e. The predicted octanol–water partition coefficient (Wildman–Crippen LogP) is 0.164. The van der Waals surface area contributed by atoms with Crippen LogP contribution in [-0.2, 0) is 4.79 Å². The number of carbonyl (C=O) groups is 1. The second kappa shape index (κ2) is 5.80. The van der Waals surface area contributed by atoms with E-state index in [2.05, 4.69) is 4.90 Å². The molecule has 1 aliphatic heterocycles. The van der Waals surface area contributed by atoms with Gasteiger partial charge < -0.3 is 10.8 Å². The van der Waals surface area contributed by atoms with E-state index >= 15 is 0 Å². The highest BCUT2D eigenvalue weighted by Gasteiger charge is 2.26. The summed E-state index contributed by atoms with van der Waals surface area (Å²) in [5.41, 5.74) is 5.92. The minimum Gasteiger partial charge on any atom is -0.480 e. The van der Waals surface area contributed by atoms with E-state index in [1.807, 2.05) is 4.90 Å². The molecule has 0 spiro atoms. The second-order valence-electron chi connectivity index (χ2n) is 5.46. The molecule has 1 saturated carbocycles. The first-order valence-electron chi connectivity index (χ1n) is 6.55. The third-order valence-corrected chi connectivity index (χ3v) is 3.81. The van der Waals surface area contributed by atoms with Crippen LogP contribution in [0, 0.1) is 5.92 Å². The Morgan fingerprint density at radius 2 is 2.06 bits per heavy atom. The summed E-state index contributed by atoms with van der Waals surface area (Å²) in [4.78, 5) is 15.1. The van der Waals surface area contributed by atoms with E-state index in [9.17, 15) is 4.79 Å². The first kappa shape index (κ1) is 12.8. The maximum Gasteiger partial charge on any atom is 0.317 e. The van der Waals surface area contributed by atoms with E-state index in [1.54, 1.807) is 0 Å². The lowest BCUT2D eigenvalue weighted by molar-refractivity contribution is -0.139. The fourth-order valence-corrected chi connectivity index (χ4v) is 3.06. The Balaban J connectivity index is 1.75. The maximum atomic E-state index is 10.7. The van der Waals surface area contributed by atoms with Crippen molar-refractivity contribution in [1.29, 1.82) is 0 Å². The summed E-state index contributed by atoms with van der Waals surface area (Å²) in [7, 11) is 0. The van der Waals surface area contributed by atoms with Crippen molar-refractivity contribution < 1.29 is 9.90 Å². The molecule has 5 heteroatoms. The summed E-state index contributed by atoms with van der Waals surface area (Å²) in [6, 6.07) is 0.389. The summed E-state index contributed by atoms with van der Waals surface area (Å²) in [6.45, 7) is 4.07. The van der Waals surface area contributed by atoms with Gasteiger partial charge in [0.1, 0.15) is 0 Å². The topological polar surface area (TPSA) is 69.8 Å². The van der Waals surface area contributed by atoms with Crippen LogP contribution in [0.2, 0.25) is 0 Å². The fourth-order valence-electron chi connectivity index (χ4n) is 3.06. The molecule has 17 heavy (non-hydrogen) atoms. The lowest BCUT2D eigenvalue weighted by atomic mass is 10.1. The van der Waals surface area contributed by atoms with Crippen molar-refractivity contribution in [2.24, 2.45) is 11.7 Å². The number of carboxylic acids is 1. The Hall–Kier alpha value is -0.650. The molecule has 2 atom stereocenters. The van der Waals surface area contributed by atoms with E-state index in [-0.39, 0.29) is 6.54 Å². The van der Waals surface area contributed by atoms with E-state index < -0.39 is 5.97 Å². The van der Waals surface area contributed by atoms with Crippen LogP contribution in [0.25, 0.3) is 0 Å². The number of nitrogens with two attached hydrogens (primary N) is 1. The van der Waals surface area contributed by atoms with Crippen molar-refractivity contribution in [2.75, 3.05) is 32.8 Å². The normalized spacial score (nSPS) is 31.8. The van der Waals surface area contributed by atoms with E-state index in [0.29, 0.717) is 6.04 Å². The first-order valence-corrected chi connectivity index (χ1v) is 6.55. The van der Waals surface area contributed by atoms with E-state index in [1.165, 1.54) is 6.42 Å². The lowest BCUT2D eigenvalue weighted by Crippen LogP contribution is -2.47. The number of hydrogen-bond donors (Lipinski definition) is 2. The zero-order valence-electron chi connectivity index (χ0n) is 10.3. The molecule has 2 fully saturated rings. The Labute approximate surface area is 103 Å². The summed E-state index contributed by atoms with van der Waals surface area (Å²) in [5.74, 6) is -0.00971. The lowest BCUT2D eigenvalue weighted by Gasteiger charge is -2.36. The monoisotopic (exact) mass is 241 g/mol. The highest BCUT2D eigenvalue weighted by molar-refractivity contribution is 5.69. The van der Waals surface area contributed by atoms with Crippen LogP contribution in [0.3, 0.4) is 0 Å². The van der Waals surface area contributed by atoms with Gasteiger partial charge in [-0.3, -0.25) is 14.6 Å². The third-order valence-electron chi connectivity index (χ3n) is 3.81. The average Bonchev–Trinajstić information content (AvgIpc) is 2.63. The van der Waals surface area contributed by atoms with Gasteiger partial charge in [0.25, 0.3) is 0 Å². The number of aliphatic carboxylic acids is 1. The highest BCUT2D eigenvalue weighted by atomic mass is 16.4. The second-order valence-corrected chi connectivity index (χ2v) is 5.46. The van der Waals surface area contributed by atoms with Crippen molar-refractivity contribution in [3.63, 3.8) is 0 Å². The Morgan fingerprint density at radius 3 is 2.71 bits per heavy atom. The zero-order valence-corrected chi connectivity index (χ0v) is 10.3. The highest BCUT2D eigenvalue weighted by Crippen LogP contribution is 2.25. The third kappa shape index (κ3) is 3.94. The van der Waals surface area contributed by atoms with E-state index in [4.69, 9.17) is 10.8 Å². The van der Waals surface area contributed by atoms with Gasteiger partial charge in [-0.25, -0.2) is 0 Å².